The molecule has 174 valence electrons. The predicted octanol–water partition coefficient (Wildman–Crippen LogP) is 5.27. The number of carbonyl (C=O) groups is 3. The van der Waals surface area contributed by atoms with E-state index in [2.05, 4.69) is 10.6 Å². The lowest BCUT2D eigenvalue weighted by Crippen LogP contribution is -2.21. The standard InChI is InChI=1S/C23H17FN2O7S/c1-32-18-8-14(24)15(7-11(18)6-12-9-33-17-5-3-2-4-13(12)17)25-23(31)26-16-10-34-20(22(29)30)19(16)21(27)28/h2-5,7-10H,6H2,1H3,(H,27,28)(H,29,30)(H2,25,26,31). The second-order valence-electron chi connectivity index (χ2n) is 7.12. The lowest BCUT2D eigenvalue weighted by molar-refractivity contribution is 0.0657. The zero-order chi connectivity index (χ0) is 24.4. The monoisotopic (exact) mass is 484 g/mol. The average Bonchev–Trinajstić information content (AvgIpc) is 3.40. The van der Waals surface area contributed by atoms with Crippen LogP contribution < -0.4 is 15.4 Å². The summed E-state index contributed by atoms with van der Waals surface area (Å²) in [5, 5.41) is 25.1. The van der Waals surface area contributed by atoms with E-state index >= 15 is 0 Å². The first-order valence-corrected chi connectivity index (χ1v) is 10.6. The van der Waals surface area contributed by atoms with Gasteiger partial charge in [0.15, 0.2) is 0 Å². The Labute approximate surface area is 195 Å². The maximum absolute atomic E-state index is 14.7. The number of methoxy groups -OCH3 is 1. The molecule has 9 nitrogen and oxygen atoms in total. The minimum absolute atomic E-state index is 0.174. The van der Waals surface area contributed by atoms with Gasteiger partial charge in [-0.25, -0.2) is 18.8 Å². The van der Waals surface area contributed by atoms with Gasteiger partial charge in [-0.15, -0.1) is 11.3 Å². The number of furan rings is 1. The zero-order valence-corrected chi connectivity index (χ0v) is 18.4. The number of anilines is 2. The Hall–Kier alpha value is -4.38. The highest BCUT2D eigenvalue weighted by Crippen LogP contribution is 2.32. The summed E-state index contributed by atoms with van der Waals surface area (Å²) in [6, 6.07) is 9.02. The molecule has 2 amide bonds. The number of hydrogen-bond donors (Lipinski definition) is 4. The largest absolute Gasteiger partial charge is 0.496 e. The summed E-state index contributed by atoms with van der Waals surface area (Å²) >= 11 is 0.652. The Balaban J connectivity index is 1.60. The number of carbonyl (C=O) groups excluding carboxylic acids is 1. The van der Waals surface area contributed by atoms with E-state index in [1.54, 1.807) is 6.26 Å². The minimum atomic E-state index is -1.51. The van der Waals surface area contributed by atoms with Crippen LogP contribution in [0, 0.1) is 5.82 Å². The lowest BCUT2D eigenvalue weighted by Gasteiger charge is -2.13. The highest BCUT2D eigenvalue weighted by Gasteiger charge is 2.24. The molecular formula is C23H17FN2O7S. The van der Waals surface area contributed by atoms with Gasteiger partial charge in [0.1, 0.15) is 27.6 Å². The van der Waals surface area contributed by atoms with E-state index in [0.29, 0.717) is 28.9 Å². The third kappa shape index (κ3) is 4.41. The first kappa shape index (κ1) is 22.8. The van der Waals surface area contributed by atoms with E-state index in [1.165, 1.54) is 18.6 Å². The molecule has 0 saturated carbocycles. The topological polar surface area (TPSA) is 138 Å². The van der Waals surface area contributed by atoms with Gasteiger partial charge in [0, 0.05) is 34.4 Å². The van der Waals surface area contributed by atoms with Crippen molar-refractivity contribution < 1.29 is 38.1 Å². The molecule has 0 bridgehead atoms. The number of ether oxygens (including phenoxy) is 1. The molecule has 0 aliphatic rings. The molecule has 4 N–H and O–H groups in total. The molecule has 0 fully saturated rings. The average molecular weight is 484 g/mol. The fraction of sp³-hybridized carbons (Fsp3) is 0.0870. The minimum Gasteiger partial charge on any atom is -0.496 e. The van der Waals surface area contributed by atoms with Crippen LogP contribution in [0.2, 0.25) is 0 Å². The fourth-order valence-corrected chi connectivity index (χ4v) is 4.32. The van der Waals surface area contributed by atoms with Gasteiger partial charge in [-0.1, -0.05) is 18.2 Å². The maximum atomic E-state index is 14.7. The van der Waals surface area contributed by atoms with Crippen molar-refractivity contribution in [3.05, 3.63) is 75.4 Å². The van der Waals surface area contributed by atoms with Crippen molar-refractivity contribution in [1.82, 2.24) is 0 Å². The van der Waals surface area contributed by atoms with Gasteiger partial charge in [-0.2, -0.15) is 0 Å². The number of nitrogens with one attached hydrogen (secondary N) is 2. The lowest BCUT2D eigenvalue weighted by atomic mass is 10.0. The van der Waals surface area contributed by atoms with Crippen LogP contribution in [0.15, 0.2) is 52.5 Å². The van der Waals surface area contributed by atoms with Crippen molar-refractivity contribution in [1.29, 1.82) is 0 Å². The van der Waals surface area contributed by atoms with E-state index in [4.69, 9.17) is 14.3 Å². The number of carboxylic acids is 2. The van der Waals surface area contributed by atoms with E-state index in [0.717, 1.165) is 17.0 Å². The molecule has 0 aliphatic carbocycles. The quantitative estimate of drug-likeness (QED) is 0.280. The van der Waals surface area contributed by atoms with Gasteiger partial charge in [0.05, 0.1) is 24.7 Å². The molecule has 0 spiro atoms. The molecule has 11 heteroatoms. The molecule has 0 unspecified atom stereocenters. The van der Waals surface area contributed by atoms with E-state index < -0.39 is 34.2 Å². The number of aromatic carboxylic acids is 2. The number of fused-ring (bicyclic) bond motifs is 1. The summed E-state index contributed by atoms with van der Waals surface area (Å²) in [5.41, 5.74) is 1.15. The number of amides is 2. The van der Waals surface area contributed by atoms with Crippen LogP contribution >= 0.6 is 11.3 Å². The van der Waals surface area contributed by atoms with Gasteiger partial charge in [-0.05, 0) is 12.1 Å². The second-order valence-corrected chi connectivity index (χ2v) is 8.00. The van der Waals surface area contributed by atoms with E-state index in [1.807, 2.05) is 24.3 Å². The van der Waals surface area contributed by atoms with Crippen LogP contribution in [-0.4, -0.2) is 35.3 Å². The summed E-state index contributed by atoms with van der Waals surface area (Å²) < 4.78 is 25.5. The molecule has 0 saturated heterocycles. The van der Waals surface area contributed by atoms with Gasteiger partial charge >= 0.3 is 18.0 Å². The van der Waals surface area contributed by atoms with Gasteiger partial charge in [-0.3, -0.25) is 0 Å². The van der Waals surface area contributed by atoms with Crippen LogP contribution in [0.5, 0.6) is 5.75 Å². The number of hydrogen-bond acceptors (Lipinski definition) is 6. The molecular weight excluding hydrogens is 467 g/mol. The third-order valence-corrected chi connectivity index (χ3v) is 5.98. The van der Waals surface area contributed by atoms with Crippen molar-refractivity contribution in [2.24, 2.45) is 0 Å². The molecule has 4 rings (SSSR count). The number of para-hydroxylation sites is 1. The van der Waals surface area contributed by atoms with E-state index in [9.17, 15) is 23.9 Å². The molecule has 34 heavy (non-hydrogen) atoms. The van der Waals surface area contributed by atoms with Gasteiger partial charge < -0.3 is 30.0 Å². The summed E-state index contributed by atoms with van der Waals surface area (Å²) in [4.78, 5) is 34.7. The van der Waals surface area contributed by atoms with Crippen LogP contribution in [0.4, 0.5) is 20.6 Å². The van der Waals surface area contributed by atoms with E-state index in [-0.39, 0.29) is 17.1 Å². The smallest absolute Gasteiger partial charge is 0.346 e. The first-order chi connectivity index (χ1) is 16.3. The van der Waals surface area contributed by atoms with Gasteiger partial charge in [0.25, 0.3) is 0 Å². The highest BCUT2D eigenvalue weighted by atomic mass is 32.1. The molecule has 0 aliphatic heterocycles. The molecule has 2 aromatic heterocycles. The normalized spacial score (nSPS) is 10.8. The number of urea groups is 1. The number of carboxylic acid groups (broad SMARTS) is 2. The van der Waals surface area contributed by atoms with Crippen molar-refractivity contribution in [3.8, 4) is 5.75 Å². The molecule has 2 heterocycles. The van der Waals surface area contributed by atoms with Crippen molar-refractivity contribution in [3.63, 3.8) is 0 Å². The summed E-state index contributed by atoms with van der Waals surface area (Å²) in [6.07, 6.45) is 1.92. The maximum Gasteiger partial charge on any atom is 0.346 e. The van der Waals surface area contributed by atoms with Crippen LogP contribution in [-0.2, 0) is 6.42 Å². The van der Waals surface area contributed by atoms with Crippen LogP contribution in [0.3, 0.4) is 0 Å². The summed E-state index contributed by atoms with van der Waals surface area (Å²) in [6.45, 7) is 0. The van der Waals surface area contributed by atoms with Crippen LogP contribution in [0.1, 0.15) is 31.2 Å². The number of thiophene rings is 1. The second kappa shape index (κ2) is 9.24. The fourth-order valence-electron chi connectivity index (χ4n) is 3.49. The Morgan fingerprint density at radius 3 is 2.50 bits per heavy atom. The SMILES string of the molecule is COc1cc(F)c(NC(=O)Nc2csc(C(=O)O)c2C(=O)O)cc1Cc1coc2ccccc12. The predicted molar refractivity (Wildman–Crippen MR) is 123 cm³/mol. The molecule has 2 aromatic carbocycles. The number of benzene rings is 2. The van der Waals surface area contributed by atoms with Crippen molar-refractivity contribution in [2.45, 2.75) is 6.42 Å². The molecule has 0 radical (unpaired) electrons. The first-order valence-electron chi connectivity index (χ1n) is 9.76. The summed E-state index contributed by atoms with van der Waals surface area (Å²) in [5.74, 6) is -3.46. The third-order valence-electron chi connectivity index (χ3n) is 5.01. The van der Waals surface area contributed by atoms with Crippen molar-refractivity contribution >= 4 is 51.7 Å². The summed E-state index contributed by atoms with van der Waals surface area (Å²) in [7, 11) is 1.40. The highest BCUT2D eigenvalue weighted by molar-refractivity contribution is 7.13. The Morgan fingerprint density at radius 1 is 1.06 bits per heavy atom. The Kier molecular flexibility index (Phi) is 6.19. The molecule has 0 atom stereocenters. The number of rotatable bonds is 7. The Morgan fingerprint density at radius 2 is 1.79 bits per heavy atom. The number of halogens is 1. The molecule has 4 aromatic rings. The van der Waals surface area contributed by atoms with Crippen LogP contribution in [0.25, 0.3) is 11.0 Å². The zero-order valence-electron chi connectivity index (χ0n) is 17.5. The van der Waals surface area contributed by atoms with Gasteiger partial charge in [0.2, 0.25) is 0 Å². The Bertz CT molecular complexity index is 1430. The van der Waals surface area contributed by atoms with Crippen molar-refractivity contribution in [2.75, 3.05) is 17.7 Å².